The molecule has 6 heteroatoms. The average molecular weight is 338 g/mol. The summed E-state index contributed by atoms with van der Waals surface area (Å²) < 4.78 is 11.7. The molecule has 2 aromatic rings. The van der Waals surface area contributed by atoms with Crippen molar-refractivity contribution in [3.05, 3.63) is 34.5 Å². The molecule has 0 aliphatic carbocycles. The van der Waals surface area contributed by atoms with E-state index in [9.17, 15) is 9.59 Å². The van der Waals surface area contributed by atoms with Gasteiger partial charge < -0.3 is 9.47 Å². The van der Waals surface area contributed by atoms with Gasteiger partial charge in [-0.2, -0.15) is 0 Å². The lowest BCUT2D eigenvalue weighted by molar-refractivity contribution is 0.0454. The van der Waals surface area contributed by atoms with E-state index in [2.05, 4.69) is 0 Å². The number of esters is 1. The summed E-state index contributed by atoms with van der Waals surface area (Å²) in [6, 6.07) is 5.08. The lowest BCUT2D eigenvalue weighted by Gasteiger charge is -2.21. The number of rotatable bonds is 2. The van der Waals surface area contributed by atoms with Crippen molar-refractivity contribution in [1.29, 1.82) is 0 Å². The molecule has 23 heavy (non-hydrogen) atoms. The third-order valence-corrected chi connectivity index (χ3v) is 3.50. The van der Waals surface area contributed by atoms with Crippen molar-refractivity contribution >= 4 is 34.6 Å². The lowest BCUT2D eigenvalue weighted by atomic mass is 10.1. The Morgan fingerprint density at radius 3 is 2.48 bits per heavy atom. The number of ether oxygens (including phenoxy) is 2. The Labute approximate surface area is 140 Å². The zero-order valence-corrected chi connectivity index (χ0v) is 14.7. The number of halogens is 1. The predicted molar refractivity (Wildman–Crippen MR) is 89.3 cm³/mol. The predicted octanol–water partition coefficient (Wildman–Crippen LogP) is 4.56. The van der Waals surface area contributed by atoms with E-state index < -0.39 is 17.7 Å². The molecule has 0 saturated heterocycles. The van der Waals surface area contributed by atoms with Crippen LogP contribution in [0, 0.1) is 6.92 Å². The molecular formula is C17H20ClNO4. The van der Waals surface area contributed by atoms with Crippen LogP contribution in [-0.2, 0) is 9.47 Å². The van der Waals surface area contributed by atoms with Crippen LogP contribution in [-0.4, -0.2) is 28.8 Å². The molecule has 2 rings (SSSR count). The van der Waals surface area contributed by atoms with Crippen LogP contribution in [0.5, 0.6) is 0 Å². The molecule has 0 amide bonds. The van der Waals surface area contributed by atoms with Gasteiger partial charge >= 0.3 is 12.1 Å². The fraction of sp³-hybridized carbons (Fsp3) is 0.412. The van der Waals surface area contributed by atoms with E-state index in [1.54, 1.807) is 45.9 Å². The summed E-state index contributed by atoms with van der Waals surface area (Å²) >= 11 is 6.22. The molecule has 0 aliphatic rings. The van der Waals surface area contributed by atoms with E-state index >= 15 is 0 Å². The Balaban J connectivity index is 2.72. The van der Waals surface area contributed by atoms with Gasteiger partial charge in [-0.05, 0) is 52.3 Å². The van der Waals surface area contributed by atoms with E-state index in [1.807, 2.05) is 6.92 Å². The number of carbonyl (C=O) groups is 2. The van der Waals surface area contributed by atoms with Gasteiger partial charge in [0.1, 0.15) is 11.3 Å². The van der Waals surface area contributed by atoms with Gasteiger partial charge in [0.25, 0.3) is 0 Å². The highest BCUT2D eigenvalue weighted by Gasteiger charge is 2.27. The topological polar surface area (TPSA) is 57.5 Å². The van der Waals surface area contributed by atoms with Crippen molar-refractivity contribution < 1.29 is 19.1 Å². The van der Waals surface area contributed by atoms with E-state index in [1.165, 1.54) is 4.57 Å². The summed E-state index contributed by atoms with van der Waals surface area (Å²) in [4.78, 5) is 24.9. The minimum Gasteiger partial charge on any atom is -0.461 e. The Kier molecular flexibility index (Phi) is 4.71. The molecular weight excluding hydrogens is 318 g/mol. The quantitative estimate of drug-likeness (QED) is 0.753. The van der Waals surface area contributed by atoms with Gasteiger partial charge in [0.2, 0.25) is 0 Å². The third-order valence-electron chi connectivity index (χ3n) is 3.17. The maximum absolute atomic E-state index is 12.6. The summed E-state index contributed by atoms with van der Waals surface area (Å²) in [6.07, 6.45) is -0.638. The first-order valence-corrected chi connectivity index (χ1v) is 7.74. The lowest BCUT2D eigenvalue weighted by Crippen LogP contribution is -2.29. The number of hydrogen-bond acceptors (Lipinski definition) is 4. The smallest absolute Gasteiger partial charge is 0.419 e. The van der Waals surface area contributed by atoms with Crippen LogP contribution in [0.15, 0.2) is 18.2 Å². The molecule has 0 saturated carbocycles. The number of aromatic nitrogens is 1. The van der Waals surface area contributed by atoms with Gasteiger partial charge in [0.15, 0.2) is 0 Å². The Morgan fingerprint density at radius 2 is 1.91 bits per heavy atom. The minimum absolute atomic E-state index is 0.104. The third kappa shape index (κ3) is 3.50. The van der Waals surface area contributed by atoms with Crippen LogP contribution in [0.3, 0.4) is 0 Å². The molecule has 1 heterocycles. The second-order valence-corrected chi connectivity index (χ2v) is 6.60. The largest absolute Gasteiger partial charge is 0.461 e. The second-order valence-electron chi connectivity index (χ2n) is 6.19. The van der Waals surface area contributed by atoms with Crippen LogP contribution >= 0.6 is 11.6 Å². The number of hydrogen-bond donors (Lipinski definition) is 0. The number of benzene rings is 1. The second kappa shape index (κ2) is 6.24. The van der Waals surface area contributed by atoms with E-state index in [0.717, 1.165) is 5.56 Å². The molecule has 0 atom stereocenters. The van der Waals surface area contributed by atoms with Gasteiger partial charge in [-0.25, -0.2) is 14.2 Å². The van der Waals surface area contributed by atoms with Gasteiger partial charge in [-0.1, -0.05) is 17.7 Å². The molecule has 5 nitrogen and oxygen atoms in total. The van der Waals surface area contributed by atoms with Crippen molar-refractivity contribution in [2.45, 2.75) is 40.2 Å². The first kappa shape index (κ1) is 17.3. The Morgan fingerprint density at radius 1 is 1.26 bits per heavy atom. The van der Waals surface area contributed by atoms with E-state index in [-0.39, 0.29) is 12.3 Å². The molecule has 1 aromatic carbocycles. The molecule has 0 aliphatic heterocycles. The summed E-state index contributed by atoms with van der Waals surface area (Å²) in [6.45, 7) is 9.05. The number of nitrogens with zero attached hydrogens (tertiary/aromatic N) is 1. The van der Waals surface area contributed by atoms with Gasteiger partial charge in [0.05, 0.1) is 17.1 Å². The van der Waals surface area contributed by atoms with Crippen molar-refractivity contribution in [1.82, 2.24) is 4.57 Å². The molecule has 0 bridgehead atoms. The zero-order valence-electron chi connectivity index (χ0n) is 13.9. The highest BCUT2D eigenvalue weighted by molar-refractivity contribution is 6.36. The molecule has 0 unspecified atom stereocenters. The van der Waals surface area contributed by atoms with Crippen molar-refractivity contribution in [2.75, 3.05) is 6.61 Å². The SMILES string of the molecule is CCOC(=O)c1cc2c(Cl)ccc(C)c2n1C(=O)OC(C)(C)C. The molecule has 124 valence electrons. The monoisotopic (exact) mass is 337 g/mol. The fourth-order valence-corrected chi connectivity index (χ4v) is 2.51. The highest BCUT2D eigenvalue weighted by atomic mass is 35.5. The maximum atomic E-state index is 12.6. The number of carbonyl (C=O) groups excluding carboxylic acids is 2. The zero-order chi connectivity index (χ0) is 17.4. The molecule has 0 radical (unpaired) electrons. The molecule has 0 N–H and O–H groups in total. The molecule has 0 spiro atoms. The van der Waals surface area contributed by atoms with Gasteiger partial charge in [-0.15, -0.1) is 0 Å². The highest BCUT2D eigenvalue weighted by Crippen LogP contribution is 2.31. The van der Waals surface area contributed by atoms with Crippen LogP contribution in [0.25, 0.3) is 10.9 Å². The number of fused-ring (bicyclic) bond motifs is 1. The summed E-state index contributed by atoms with van der Waals surface area (Å²) in [5.41, 5.74) is 0.777. The average Bonchev–Trinajstić information content (AvgIpc) is 2.83. The van der Waals surface area contributed by atoms with E-state index in [0.29, 0.717) is 15.9 Å². The Bertz CT molecular complexity index is 771. The molecule has 0 fully saturated rings. The minimum atomic E-state index is -0.688. The first-order valence-electron chi connectivity index (χ1n) is 7.36. The van der Waals surface area contributed by atoms with Crippen LogP contribution in [0.1, 0.15) is 43.7 Å². The summed E-state index contributed by atoms with van der Waals surface area (Å²) in [5, 5.41) is 1.07. The molecule has 1 aromatic heterocycles. The summed E-state index contributed by atoms with van der Waals surface area (Å²) in [5.74, 6) is -0.593. The van der Waals surface area contributed by atoms with Crippen LogP contribution in [0.2, 0.25) is 5.02 Å². The normalized spacial score (nSPS) is 11.6. The Hall–Kier alpha value is -2.01. The van der Waals surface area contributed by atoms with Crippen molar-refractivity contribution in [3.63, 3.8) is 0 Å². The first-order chi connectivity index (χ1) is 10.7. The standard InChI is InChI=1S/C17H20ClNO4/c1-6-22-15(20)13-9-11-12(18)8-7-10(2)14(11)19(13)16(21)23-17(3,4)5/h7-9H,6H2,1-5H3. The maximum Gasteiger partial charge on any atom is 0.419 e. The number of aryl methyl sites for hydroxylation is 1. The fourth-order valence-electron chi connectivity index (χ4n) is 2.30. The van der Waals surface area contributed by atoms with Gasteiger partial charge in [0, 0.05) is 5.39 Å². The van der Waals surface area contributed by atoms with Crippen LogP contribution in [0.4, 0.5) is 4.79 Å². The van der Waals surface area contributed by atoms with Crippen LogP contribution < -0.4 is 0 Å². The van der Waals surface area contributed by atoms with Gasteiger partial charge in [-0.3, -0.25) is 0 Å². The van der Waals surface area contributed by atoms with Crippen molar-refractivity contribution in [3.8, 4) is 0 Å². The van der Waals surface area contributed by atoms with Crippen molar-refractivity contribution in [2.24, 2.45) is 0 Å². The summed E-state index contributed by atoms with van der Waals surface area (Å²) in [7, 11) is 0. The van der Waals surface area contributed by atoms with E-state index in [4.69, 9.17) is 21.1 Å².